The van der Waals surface area contributed by atoms with Gasteiger partial charge in [0.2, 0.25) is 0 Å². The fourth-order valence-corrected chi connectivity index (χ4v) is 3.21. The van der Waals surface area contributed by atoms with Crippen LogP contribution in [0.1, 0.15) is 10.4 Å². The second-order valence-electron chi connectivity index (χ2n) is 4.01. The molecule has 0 aliphatic rings. The summed E-state index contributed by atoms with van der Waals surface area (Å²) in [7, 11) is 3.35. The molecule has 0 amide bonds. The van der Waals surface area contributed by atoms with Crippen LogP contribution < -0.4 is 14.8 Å². The first-order valence-electron chi connectivity index (χ1n) is 5.87. The van der Waals surface area contributed by atoms with Gasteiger partial charge in [0, 0.05) is 33.4 Å². The van der Waals surface area contributed by atoms with Crippen LogP contribution in [-0.4, -0.2) is 14.2 Å². The number of rotatable bonds is 6. The van der Waals surface area contributed by atoms with Crippen LogP contribution in [0, 0.1) is 0 Å². The summed E-state index contributed by atoms with van der Waals surface area (Å²) in [6.07, 6.45) is 0. The topological polar surface area (TPSA) is 30.5 Å². The van der Waals surface area contributed by atoms with Crippen LogP contribution in [0.15, 0.2) is 34.1 Å². The standard InChI is InChI=1S/C14H16BrNO2S/c1-17-12-3-4-14(18-2)10(5-12)7-16-8-13-6-11(15)9-19-13/h3-6,9,16H,7-8H2,1-2H3. The molecule has 5 heteroatoms. The summed E-state index contributed by atoms with van der Waals surface area (Å²) in [5.41, 5.74) is 1.09. The van der Waals surface area contributed by atoms with E-state index in [1.54, 1.807) is 25.6 Å². The van der Waals surface area contributed by atoms with Crippen molar-refractivity contribution >= 4 is 27.3 Å². The molecule has 1 heterocycles. The average Bonchev–Trinajstić information content (AvgIpc) is 2.84. The first kappa shape index (κ1) is 14.4. The predicted octanol–water partition coefficient (Wildman–Crippen LogP) is 3.82. The number of hydrogen-bond donors (Lipinski definition) is 1. The van der Waals surface area contributed by atoms with Crippen molar-refractivity contribution in [2.24, 2.45) is 0 Å². The maximum atomic E-state index is 5.35. The largest absolute Gasteiger partial charge is 0.497 e. The van der Waals surface area contributed by atoms with Crippen LogP contribution in [0.4, 0.5) is 0 Å². The Labute approximate surface area is 125 Å². The fourth-order valence-electron chi connectivity index (χ4n) is 1.79. The van der Waals surface area contributed by atoms with Crippen LogP contribution >= 0.6 is 27.3 Å². The van der Waals surface area contributed by atoms with E-state index in [1.165, 1.54) is 4.88 Å². The minimum absolute atomic E-state index is 0.746. The summed E-state index contributed by atoms with van der Waals surface area (Å²) in [5, 5.41) is 5.50. The quantitative estimate of drug-likeness (QED) is 0.866. The molecule has 0 spiro atoms. The van der Waals surface area contributed by atoms with E-state index in [1.807, 2.05) is 18.2 Å². The number of halogens is 1. The molecule has 0 aliphatic heterocycles. The number of thiophene rings is 1. The lowest BCUT2D eigenvalue weighted by Crippen LogP contribution is -2.12. The first-order valence-corrected chi connectivity index (χ1v) is 7.54. The van der Waals surface area contributed by atoms with Gasteiger partial charge in [-0.15, -0.1) is 11.3 Å². The smallest absolute Gasteiger partial charge is 0.123 e. The van der Waals surface area contributed by atoms with Gasteiger partial charge in [-0.1, -0.05) is 0 Å². The number of hydrogen-bond acceptors (Lipinski definition) is 4. The molecule has 0 fully saturated rings. The molecule has 2 aromatic rings. The number of methoxy groups -OCH3 is 2. The van der Waals surface area contributed by atoms with Gasteiger partial charge in [-0.3, -0.25) is 0 Å². The highest BCUT2D eigenvalue weighted by molar-refractivity contribution is 9.10. The second kappa shape index (κ2) is 6.93. The number of nitrogens with one attached hydrogen (secondary N) is 1. The van der Waals surface area contributed by atoms with Crippen LogP contribution in [0.5, 0.6) is 11.5 Å². The van der Waals surface area contributed by atoms with Crippen LogP contribution in [0.25, 0.3) is 0 Å². The van der Waals surface area contributed by atoms with Gasteiger partial charge in [0.05, 0.1) is 14.2 Å². The lowest BCUT2D eigenvalue weighted by Gasteiger charge is -2.11. The van der Waals surface area contributed by atoms with Crippen molar-refractivity contribution < 1.29 is 9.47 Å². The highest BCUT2D eigenvalue weighted by Gasteiger charge is 2.05. The second-order valence-corrected chi connectivity index (χ2v) is 5.92. The van der Waals surface area contributed by atoms with E-state index in [0.29, 0.717) is 0 Å². The Morgan fingerprint density at radius 1 is 1.16 bits per heavy atom. The summed E-state index contributed by atoms with van der Waals surface area (Å²) >= 11 is 5.19. The lowest BCUT2D eigenvalue weighted by molar-refractivity contribution is 0.397. The maximum absolute atomic E-state index is 5.35. The third-order valence-corrected chi connectivity index (χ3v) is 4.42. The highest BCUT2D eigenvalue weighted by atomic mass is 79.9. The van der Waals surface area contributed by atoms with Gasteiger partial charge in [-0.2, -0.15) is 0 Å². The van der Waals surface area contributed by atoms with Crippen molar-refractivity contribution in [1.82, 2.24) is 5.32 Å². The van der Waals surface area contributed by atoms with Crippen molar-refractivity contribution in [3.8, 4) is 11.5 Å². The Hall–Kier alpha value is -1.04. The first-order chi connectivity index (χ1) is 9.22. The lowest BCUT2D eigenvalue weighted by atomic mass is 10.2. The fraction of sp³-hybridized carbons (Fsp3) is 0.286. The molecule has 0 unspecified atom stereocenters. The monoisotopic (exact) mass is 341 g/mol. The summed E-state index contributed by atoms with van der Waals surface area (Å²) < 4.78 is 11.7. The molecule has 3 nitrogen and oxygen atoms in total. The molecular weight excluding hydrogens is 326 g/mol. The van der Waals surface area contributed by atoms with Gasteiger partial charge in [0.1, 0.15) is 11.5 Å². The molecule has 0 saturated carbocycles. The van der Waals surface area contributed by atoms with Gasteiger partial charge in [-0.05, 0) is 40.2 Å². The molecule has 102 valence electrons. The molecule has 19 heavy (non-hydrogen) atoms. The Kier molecular flexibility index (Phi) is 5.24. The maximum Gasteiger partial charge on any atom is 0.123 e. The van der Waals surface area contributed by atoms with Gasteiger partial charge in [0.15, 0.2) is 0 Å². The Morgan fingerprint density at radius 3 is 2.63 bits per heavy atom. The van der Waals surface area contributed by atoms with E-state index >= 15 is 0 Å². The molecule has 0 bridgehead atoms. The molecule has 2 rings (SSSR count). The van der Waals surface area contributed by atoms with Crippen molar-refractivity contribution in [2.45, 2.75) is 13.1 Å². The van der Waals surface area contributed by atoms with E-state index in [-0.39, 0.29) is 0 Å². The zero-order valence-corrected chi connectivity index (χ0v) is 13.3. The van der Waals surface area contributed by atoms with Gasteiger partial charge < -0.3 is 14.8 Å². The molecule has 1 aromatic heterocycles. The Morgan fingerprint density at radius 2 is 2.00 bits per heavy atom. The summed E-state index contributed by atoms with van der Waals surface area (Å²) in [4.78, 5) is 1.30. The molecule has 1 aromatic carbocycles. The van der Waals surface area contributed by atoms with E-state index in [4.69, 9.17) is 9.47 Å². The SMILES string of the molecule is COc1ccc(OC)c(CNCc2cc(Br)cs2)c1. The molecule has 0 radical (unpaired) electrons. The van der Waals surface area contributed by atoms with Crippen molar-refractivity contribution in [3.63, 3.8) is 0 Å². The van der Waals surface area contributed by atoms with Crippen LogP contribution in [-0.2, 0) is 13.1 Å². The zero-order chi connectivity index (χ0) is 13.7. The Bertz CT molecular complexity index is 542. The minimum atomic E-state index is 0.746. The summed E-state index contributed by atoms with van der Waals surface area (Å²) in [6.45, 7) is 1.59. The van der Waals surface area contributed by atoms with Crippen molar-refractivity contribution in [2.75, 3.05) is 14.2 Å². The summed E-state index contributed by atoms with van der Waals surface area (Å²) in [6, 6.07) is 7.95. The van der Waals surface area contributed by atoms with Gasteiger partial charge >= 0.3 is 0 Å². The van der Waals surface area contributed by atoms with Gasteiger partial charge in [0.25, 0.3) is 0 Å². The number of ether oxygens (including phenoxy) is 2. The predicted molar refractivity (Wildman–Crippen MR) is 82.1 cm³/mol. The summed E-state index contributed by atoms with van der Waals surface area (Å²) in [5.74, 6) is 1.72. The normalized spacial score (nSPS) is 10.5. The van der Waals surface area contributed by atoms with E-state index in [9.17, 15) is 0 Å². The third kappa shape index (κ3) is 3.96. The van der Waals surface area contributed by atoms with Crippen molar-refractivity contribution in [1.29, 1.82) is 0 Å². The molecule has 0 saturated heterocycles. The van der Waals surface area contributed by atoms with Gasteiger partial charge in [-0.25, -0.2) is 0 Å². The minimum Gasteiger partial charge on any atom is -0.497 e. The van der Waals surface area contributed by atoms with Crippen LogP contribution in [0.2, 0.25) is 0 Å². The molecule has 0 atom stereocenters. The average molecular weight is 342 g/mol. The number of benzene rings is 1. The Balaban J connectivity index is 1.98. The van der Waals surface area contributed by atoms with E-state index < -0.39 is 0 Å². The molecule has 1 N–H and O–H groups in total. The van der Waals surface area contributed by atoms with E-state index in [0.717, 1.165) is 34.6 Å². The van der Waals surface area contributed by atoms with Crippen molar-refractivity contribution in [3.05, 3.63) is 44.6 Å². The third-order valence-electron chi connectivity index (χ3n) is 2.72. The van der Waals surface area contributed by atoms with E-state index in [2.05, 4.69) is 32.7 Å². The highest BCUT2D eigenvalue weighted by Crippen LogP contribution is 2.24. The molecule has 0 aliphatic carbocycles. The zero-order valence-electron chi connectivity index (χ0n) is 10.9. The molecular formula is C14H16BrNO2S. The van der Waals surface area contributed by atoms with Crippen LogP contribution in [0.3, 0.4) is 0 Å².